The predicted octanol–water partition coefficient (Wildman–Crippen LogP) is 1.59. The molecule has 1 aliphatic rings. The average Bonchev–Trinajstić information content (AvgIpc) is 2.18. The fourth-order valence-corrected chi connectivity index (χ4v) is 1.91. The topological polar surface area (TPSA) is 49.7 Å². The summed E-state index contributed by atoms with van der Waals surface area (Å²) >= 11 is 0. The molecule has 0 spiro atoms. The first-order chi connectivity index (χ1) is 6.70. The van der Waals surface area contributed by atoms with Gasteiger partial charge in [-0.2, -0.15) is 0 Å². The zero-order chi connectivity index (χ0) is 10.4. The van der Waals surface area contributed by atoms with Gasteiger partial charge in [-0.25, -0.2) is 0 Å². The molecule has 1 atom stereocenters. The monoisotopic (exact) mass is 200 g/mol. The van der Waals surface area contributed by atoms with Crippen LogP contribution in [-0.2, 0) is 4.65 Å². The molecule has 14 heavy (non-hydrogen) atoms. The van der Waals surface area contributed by atoms with Gasteiger partial charge in [-0.3, -0.25) is 0 Å². The summed E-state index contributed by atoms with van der Waals surface area (Å²) in [6.07, 6.45) is 6.13. The summed E-state index contributed by atoms with van der Waals surface area (Å²) in [4.78, 5) is 0. The largest absolute Gasteiger partial charge is 0.457 e. The highest BCUT2D eigenvalue weighted by Crippen LogP contribution is 2.30. The fraction of sp³-hybridized carbons (Fsp3) is 1.00. The van der Waals surface area contributed by atoms with Gasteiger partial charge in [0.15, 0.2) is 0 Å². The highest BCUT2D eigenvalue weighted by atomic mass is 16.5. The second-order valence-corrected chi connectivity index (χ2v) is 4.30. The zero-order valence-corrected chi connectivity index (χ0v) is 8.98. The minimum atomic E-state index is -0.617. The van der Waals surface area contributed by atoms with Crippen LogP contribution in [0.25, 0.3) is 0 Å². The first-order valence-corrected chi connectivity index (χ1v) is 5.68. The van der Waals surface area contributed by atoms with Crippen LogP contribution in [0.5, 0.6) is 0 Å². The Balaban J connectivity index is 2.10. The van der Waals surface area contributed by atoms with Crippen molar-refractivity contribution in [1.82, 2.24) is 0 Å². The van der Waals surface area contributed by atoms with E-state index in [0.29, 0.717) is 18.8 Å². The van der Waals surface area contributed by atoms with Crippen LogP contribution in [0.2, 0.25) is 5.82 Å². The minimum absolute atomic E-state index is 0.317. The van der Waals surface area contributed by atoms with Gasteiger partial charge >= 0.3 is 7.12 Å². The SMILES string of the molecule is CC(O)CCOB(O)C1CCCCC1. The molecule has 0 amide bonds. The van der Waals surface area contributed by atoms with E-state index in [9.17, 15) is 5.02 Å². The number of aliphatic hydroxyl groups excluding tert-OH is 1. The lowest BCUT2D eigenvalue weighted by Gasteiger charge is -2.23. The van der Waals surface area contributed by atoms with Gasteiger partial charge < -0.3 is 14.8 Å². The summed E-state index contributed by atoms with van der Waals surface area (Å²) in [6.45, 7) is 2.19. The third-order valence-corrected chi connectivity index (χ3v) is 2.88. The Morgan fingerprint density at radius 3 is 2.57 bits per heavy atom. The van der Waals surface area contributed by atoms with Crippen molar-refractivity contribution >= 4 is 7.12 Å². The van der Waals surface area contributed by atoms with Crippen LogP contribution in [0.15, 0.2) is 0 Å². The number of rotatable bonds is 5. The van der Waals surface area contributed by atoms with Crippen LogP contribution >= 0.6 is 0 Å². The van der Waals surface area contributed by atoms with E-state index >= 15 is 0 Å². The van der Waals surface area contributed by atoms with Crippen molar-refractivity contribution in [3.05, 3.63) is 0 Å². The molecule has 0 aliphatic heterocycles. The predicted molar refractivity (Wildman–Crippen MR) is 57.1 cm³/mol. The summed E-state index contributed by atoms with van der Waals surface area (Å²) < 4.78 is 5.29. The Bertz CT molecular complexity index is 146. The van der Waals surface area contributed by atoms with Gasteiger partial charge in [0.25, 0.3) is 0 Å². The molecule has 0 aromatic carbocycles. The third kappa shape index (κ3) is 4.44. The van der Waals surface area contributed by atoms with Crippen LogP contribution in [-0.4, -0.2) is 30.0 Å². The van der Waals surface area contributed by atoms with E-state index in [1.807, 2.05) is 0 Å². The lowest BCUT2D eigenvalue weighted by molar-refractivity contribution is 0.143. The van der Waals surface area contributed by atoms with Gasteiger partial charge in [0.05, 0.1) is 6.10 Å². The summed E-state index contributed by atoms with van der Waals surface area (Å²) in [5.74, 6) is 0.317. The molecule has 1 unspecified atom stereocenters. The summed E-state index contributed by atoms with van der Waals surface area (Å²) in [5, 5.41) is 18.7. The quantitative estimate of drug-likeness (QED) is 0.662. The lowest BCUT2D eigenvalue weighted by Crippen LogP contribution is -2.27. The molecule has 1 rings (SSSR count). The maximum absolute atomic E-state index is 9.68. The van der Waals surface area contributed by atoms with Gasteiger partial charge in [-0.05, 0) is 19.2 Å². The van der Waals surface area contributed by atoms with Crippen LogP contribution in [0, 0.1) is 0 Å². The van der Waals surface area contributed by atoms with E-state index in [4.69, 9.17) is 9.76 Å². The first-order valence-electron chi connectivity index (χ1n) is 5.68. The molecule has 2 N–H and O–H groups in total. The van der Waals surface area contributed by atoms with Crippen molar-refractivity contribution in [3.8, 4) is 0 Å². The Morgan fingerprint density at radius 2 is 2.00 bits per heavy atom. The van der Waals surface area contributed by atoms with Gasteiger partial charge in [-0.15, -0.1) is 0 Å². The highest BCUT2D eigenvalue weighted by Gasteiger charge is 2.27. The highest BCUT2D eigenvalue weighted by molar-refractivity contribution is 6.44. The summed E-state index contributed by atoms with van der Waals surface area (Å²) in [7, 11) is -0.617. The maximum atomic E-state index is 9.68. The summed E-state index contributed by atoms with van der Waals surface area (Å²) in [5.41, 5.74) is 0. The van der Waals surface area contributed by atoms with Gasteiger partial charge in [0.1, 0.15) is 0 Å². The van der Waals surface area contributed by atoms with Crippen LogP contribution < -0.4 is 0 Å². The molecule has 0 aromatic heterocycles. The van der Waals surface area contributed by atoms with Crippen molar-refractivity contribution in [3.63, 3.8) is 0 Å². The molecule has 0 bridgehead atoms. The smallest absolute Gasteiger partial charge is 0.427 e. The first kappa shape index (κ1) is 12.0. The van der Waals surface area contributed by atoms with E-state index < -0.39 is 7.12 Å². The van der Waals surface area contributed by atoms with Gasteiger partial charge in [0.2, 0.25) is 0 Å². The Labute approximate surface area is 86.6 Å². The van der Waals surface area contributed by atoms with Gasteiger partial charge in [0, 0.05) is 6.61 Å². The van der Waals surface area contributed by atoms with Gasteiger partial charge in [-0.1, -0.05) is 32.1 Å². The Kier molecular flexibility index (Phi) is 5.52. The number of aliphatic hydroxyl groups is 1. The lowest BCUT2D eigenvalue weighted by atomic mass is 9.65. The molecule has 0 heterocycles. The second kappa shape index (κ2) is 6.43. The minimum Gasteiger partial charge on any atom is -0.427 e. The zero-order valence-electron chi connectivity index (χ0n) is 8.98. The second-order valence-electron chi connectivity index (χ2n) is 4.30. The number of hydrogen-bond acceptors (Lipinski definition) is 3. The van der Waals surface area contributed by atoms with Crippen molar-refractivity contribution < 1.29 is 14.8 Å². The molecule has 82 valence electrons. The average molecular weight is 200 g/mol. The molecule has 0 radical (unpaired) electrons. The molecule has 0 saturated heterocycles. The molecule has 0 aromatic rings. The molecule has 1 fully saturated rings. The maximum Gasteiger partial charge on any atom is 0.457 e. The van der Waals surface area contributed by atoms with E-state index in [0.717, 1.165) is 12.8 Å². The molecule has 1 saturated carbocycles. The molecule has 4 heteroatoms. The van der Waals surface area contributed by atoms with E-state index in [1.165, 1.54) is 19.3 Å². The van der Waals surface area contributed by atoms with E-state index in [2.05, 4.69) is 0 Å². The molecule has 3 nitrogen and oxygen atoms in total. The van der Waals surface area contributed by atoms with Crippen molar-refractivity contribution in [2.75, 3.05) is 6.61 Å². The van der Waals surface area contributed by atoms with Crippen molar-refractivity contribution in [1.29, 1.82) is 0 Å². The van der Waals surface area contributed by atoms with E-state index in [1.54, 1.807) is 6.92 Å². The van der Waals surface area contributed by atoms with Crippen LogP contribution in [0.1, 0.15) is 45.4 Å². The standard InChI is InChI=1S/C10H21BO3/c1-9(12)7-8-14-11(13)10-5-3-2-4-6-10/h9-10,12-13H,2-8H2,1H3. The number of hydrogen-bond donors (Lipinski definition) is 2. The van der Waals surface area contributed by atoms with E-state index in [-0.39, 0.29) is 6.10 Å². The van der Waals surface area contributed by atoms with Crippen LogP contribution in [0.4, 0.5) is 0 Å². The summed E-state index contributed by atoms with van der Waals surface area (Å²) in [6, 6.07) is 0. The van der Waals surface area contributed by atoms with Crippen molar-refractivity contribution in [2.45, 2.75) is 57.4 Å². The third-order valence-electron chi connectivity index (χ3n) is 2.88. The normalized spacial score (nSPS) is 20.8. The Morgan fingerprint density at radius 1 is 1.36 bits per heavy atom. The molecular formula is C10H21BO3. The Hall–Kier alpha value is -0.0551. The molecule has 1 aliphatic carbocycles. The molecular weight excluding hydrogens is 179 g/mol. The van der Waals surface area contributed by atoms with Crippen molar-refractivity contribution in [2.24, 2.45) is 0 Å². The fourth-order valence-electron chi connectivity index (χ4n) is 1.91. The van der Waals surface area contributed by atoms with Crippen LogP contribution in [0.3, 0.4) is 0 Å².